The molecule has 0 aliphatic carbocycles. The minimum atomic E-state index is -0.998. The Morgan fingerprint density at radius 1 is 1.14 bits per heavy atom. The number of carbonyl (C=O) groups excluding carboxylic acids is 3. The standard InChI is InChI=1S/C19H27N5O4/c1-12(2)15(17(26)23-24-20)22-16(25)14(11-13-9-7-6-8-10-13)21-18(27)28-19(3,4)5/h6-10,12,14-15H,11H2,1-5H3,(H,21,27)(H,22,25)/t14-,15-/m0/s1. The lowest BCUT2D eigenvalue weighted by molar-refractivity contribution is -0.129. The Morgan fingerprint density at radius 3 is 2.25 bits per heavy atom. The summed E-state index contributed by atoms with van der Waals surface area (Å²) in [6, 6.07) is 7.15. The summed E-state index contributed by atoms with van der Waals surface area (Å²) in [5.41, 5.74) is 8.58. The molecular weight excluding hydrogens is 362 g/mol. The maximum Gasteiger partial charge on any atom is 0.408 e. The van der Waals surface area contributed by atoms with Crippen molar-refractivity contribution in [3.8, 4) is 0 Å². The molecule has 0 saturated carbocycles. The van der Waals surface area contributed by atoms with Crippen LogP contribution in [0.1, 0.15) is 40.2 Å². The van der Waals surface area contributed by atoms with Crippen molar-refractivity contribution in [2.75, 3.05) is 0 Å². The van der Waals surface area contributed by atoms with Crippen molar-refractivity contribution in [1.82, 2.24) is 10.6 Å². The van der Waals surface area contributed by atoms with Crippen molar-refractivity contribution in [3.63, 3.8) is 0 Å². The molecule has 0 spiro atoms. The molecular formula is C19H27N5O4. The van der Waals surface area contributed by atoms with Gasteiger partial charge in [0.2, 0.25) is 11.8 Å². The van der Waals surface area contributed by atoms with E-state index in [-0.39, 0.29) is 12.3 Å². The van der Waals surface area contributed by atoms with Gasteiger partial charge in [0.15, 0.2) is 0 Å². The number of carbonyl (C=O) groups is 3. The van der Waals surface area contributed by atoms with Crippen molar-refractivity contribution < 1.29 is 19.1 Å². The Morgan fingerprint density at radius 2 is 1.75 bits per heavy atom. The average Bonchev–Trinajstić information content (AvgIpc) is 2.58. The van der Waals surface area contributed by atoms with E-state index in [2.05, 4.69) is 20.7 Å². The van der Waals surface area contributed by atoms with Gasteiger partial charge in [0.05, 0.1) is 6.04 Å². The zero-order valence-electron chi connectivity index (χ0n) is 16.8. The first-order valence-corrected chi connectivity index (χ1v) is 8.96. The fourth-order valence-corrected chi connectivity index (χ4v) is 2.38. The lowest BCUT2D eigenvalue weighted by atomic mass is 10.0. The third-order valence-corrected chi connectivity index (χ3v) is 3.66. The number of nitrogens with zero attached hydrogens (tertiary/aromatic N) is 3. The van der Waals surface area contributed by atoms with E-state index in [0.717, 1.165) is 5.56 Å². The van der Waals surface area contributed by atoms with Gasteiger partial charge in [-0.3, -0.25) is 9.59 Å². The highest BCUT2D eigenvalue weighted by Crippen LogP contribution is 2.10. The number of amides is 3. The second-order valence-electron chi connectivity index (χ2n) is 7.65. The number of ether oxygens (including phenoxy) is 1. The normalized spacial score (nSPS) is 13.1. The van der Waals surface area contributed by atoms with Crippen molar-refractivity contribution in [2.24, 2.45) is 11.0 Å². The summed E-state index contributed by atoms with van der Waals surface area (Å²) >= 11 is 0. The summed E-state index contributed by atoms with van der Waals surface area (Å²) in [6.07, 6.45) is -0.544. The van der Waals surface area contributed by atoms with Gasteiger partial charge >= 0.3 is 6.09 Å². The van der Waals surface area contributed by atoms with Gasteiger partial charge in [-0.1, -0.05) is 44.2 Å². The van der Waals surface area contributed by atoms with Crippen LogP contribution in [0.25, 0.3) is 10.4 Å². The first-order chi connectivity index (χ1) is 13.0. The first-order valence-electron chi connectivity index (χ1n) is 8.96. The number of benzene rings is 1. The SMILES string of the molecule is CC(C)[C@H](NC(=O)[C@H](Cc1ccccc1)NC(=O)OC(C)(C)C)C(=O)N=[N+]=[N-]. The second-order valence-corrected chi connectivity index (χ2v) is 7.65. The van der Waals surface area contributed by atoms with Gasteiger partial charge in [0, 0.05) is 11.3 Å². The molecule has 0 fully saturated rings. The van der Waals surface area contributed by atoms with Crippen LogP contribution in [0.5, 0.6) is 0 Å². The minimum absolute atomic E-state index is 0.201. The van der Waals surface area contributed by atoms with Gasteiger partial charge in [0.25, 0.3) is 0 Å². The van der Waals surface area contributed by atoms with Crippen LogP contribution in [-0.2, 0) is 20.7 Å². The van der Waals surface area contributed by atoms with Crippen LogP contribution in [0.4, 0.5) is 4.79 Å². The minimum Gasteiger partial charge on any atom is -0.444 e. The van der Waals surface area contributed by atoms with E-state index in [4.69, 9.17) is 10.3 Å². The van der Waals surface area contributed by atoms with E-state index < -0.39 is 35.6 Å². The summed E-state index contributed by atoms with van der Waals surface area (Å²) in [6.45, 7) is 8.57. The Kier molecular flexibility index (Phi) is 8.47. The van der Waals surface area contributed by atoms with E-state index in [0.29, 0.717) is 0 Å². The zero-order valence-corrected chi connectivity index (χ0v) is 16.8. The third kappa shape index (κ3) is 8.09. The van der Waals surface area contributed by atoms with Crippen LogP contribution < -0.4 is 10.6 Å². The van der Waals surface area contributed by atoms with Gasteiger partial charge in [-0.2, -0.15) is 0 Å². The summed E-state index contributed by atoms with van der Waals surface area (Å²) < 4.78 is 5.23. The van der Waals surface area contributed by atoms with Gasteiger partial charge in [0.1, 0.15) is 11.6 Å². The fourth-order valence-electron chi connectivity index (χ4n) is 2.38. The van der Waals surface area contributed by atoms with E-state index >= 15 is 0 Å². The van der Waals surface area contributed by atoms with Crippen molar-refractivity contribution in [1.29, 1.82) is 0 Å². The number of alkyl carbamates (subject to hydrolysis) is 1. The average molecular weight is 389 g/mol. The molecule has 3 amide bonds. The zero-order chi connectivity index (χ0) is 21.3. The van der Waals surface area contributed by atoms with Gasteiger partial charge in [-0.25, -0.2) is 4.79 Å². The van der Waals surface area contributed by atoms with Gasteiger partial charge in [-0.15, -0.1) is 0 Å². The van der Waals surface area contributed by atoms with Crippen molar-refractivity contribution >= 4 is 17.9 Å². The quantitative estimate of drug-likeness (QED) is 0.421. The molecule has 28 heavy (non-hydrogen) atoms. The van der Waals surface area contributed by atoms with E-state index in [1.165, 1.54) is 0 Å². The van der Waals surface area contributed by atoms with Gasteiger partial charge < -0.3 is 15.4 Å². The molecule has 2 atom stereocenters. The predicted molar refractivity (Wildman–Crippen MR) is 104 cm³/mol. The number of rotatable bonds is 7. The van der Waals surface area contributed by atoms with E-state index in [9.17, 15) is 14.4 Å². The summed E-state index contributed by atoms with van der Waals surface area (Å²) in [5.74, 6) is -1.67. The van der Waals surface area contributed by atoms with Crippen LogP contribution >= 0.6 is 0 Å². The Balaban J connectivity index is 3.00. The molecule has 0 unspecified atom stereocenters. The topological polar surface area (TPSA) is 133 Å². The maximum atomic E-state index is 12.8. The Bertz CT molecular complexity index is 736. The molecule has 1 aromatic carbocycles. The van der Waals surface area contributed by atoms with Crippen LogP contribution in [-0.4, -0.2) is 35.6 Å². The van der Waals surface area contributed by atoms with Crippen LogP contribution in [0.15, 0.2) is 35.4 Å². The summed E-state index contributed by atoms with van der Waals surface area (Å²) in [5, 5.41) is 8.18. The first kappa shape index (κ1) is 23.0. The molecule has 0 aliphatic heterocycles. The van der Waals surface area contributed by atoms with Crippen molar-refractivity contribution in [3.05, 3.63) is 46.3 Å². The molecule has 152 valence electrons. The maximum absolute atomic E-state index is 12.8. The highest BCUT2D eigenvalue weighted by Gasteiger charge is 2.29. The van der Waals surface area contributed by atoms with Crippen LogP contribution in [0.3, 0.4) is 0 Å². The Labute approximate surface area is 164 Å². The van der Waals surface area contributed by atoms with E-state index in [1.807, 2.05) is 30.3 Å². The lowest BCUT2D eigenvalue weighted by Gasteiger charge is -2.26. The molecule has 1 aromatic rings. The molecule has 0 bridgehead atoms. The molecule has 0 aliphatic rings. The van der Waals surface area contributed by atoms with Crippen molar-refractivity contribution in [2.45, 2.75) is 58.7 Å². The van der Waals surface area contributed by atoms with Gasteiger partial charge in [-0.05, 0) is 42.9 Å². The molecule has 0 saturated heterocycles. The number of nitrogens with one attached hydrogen (secondary N) is 2. The monoisotopic (exact) mass is 389 g/mol. The number of hydrogen-bond donors (Lipinski definition) is 2. The van der Waals surface area contributed by atoms with E-state index in [1.54, 1.807) is 34.6 Å². The largest absolute Gasteiger partial charge is 0.444 e. The molecule has 2 N–H and O–H groups in total. The second kappa shape index (κ2) is 10.3. The molecule has 1 rings (SSSR count). The fraction of sp³-hybridized carbons (Fsp3) is 0.526. The molecule has 0 radical (unpaired) electrons. The predicted octanol–water partition coefficient (Wildman–Crippen LogP) is 3.10. The molecule has 0 heterocycles. The Hall–Kier alpha value is -3.06. The van der Waals surface area contributed by atoms with Crippen LogP contribution in [0.2, 0.25) is 0 Å². The highest BCUT2D eigenvalue weighted by molar-refractivity contribution is 5.91. The molecule has 9 nitrogen and oxygen atoms in total. The smallest absolute Gasteiger partial charge is 0.408 e. The van der Waals surface area contributed by atoms with Crippen LogP contribution in [0, 0.1) is 5.92 Å². The highest BCUT2D eigenvalue weighted by atomic mass is 16.6. The summed E-state index contributed by atoms with van der Waals surface area (Å²) in [4.78, 5) is 39.4. The number of hydrogen-bond acceptors (Lipinski definition) is 4. The molecule has 0 aromatic heterocycles. The number of azide groups is 1. The third-order valence-electron chi connectivity index (χ3n) is 3.66. The lowest BCUT2D eigenvalue weighted by Crippen LogP contribution is -2.54. The molecule has 9 heteroatoms. The summed E-state index contributed by atoms with van der Waals surface area (Å²) in [7, 11) is 0.